The van der Waals surface area contributed by atoms with Gasteiger partial charge < -0.3 is 19.1 Å². The largest absolute Gasteiger partial charge is 0.371 e. The van der Waals surface area contributed by atoms with E-state index in [4.69, 9.17) is 9.47 Å². The van der Waals surface area contributed by atoms with Gasteiger partial charge in [0, 0.05) is 38.5 Å². The fourth-order valence-corrected chi connectivity index (χ4v) is 2.73. The summed E-state index contributed by atoms with van der Waals surface area (Å²) in [5.41, 5.74) is 0. The van der Waals surface area contributed by atoms with E-state index in [0.717, 1.165) is 0 Å². The lowest BCUT2D eigenvalue weighted by Crippen LogP contribution is -2.32. The molecule has 2 rings (SSSR count). The van der Waals surface area contributed by atoms with Gasteiger partial charge in [-0.1, -0.05) is 0 Å². The highest BCUT2D eigenvalue weighted by Gasteiger charge is 2.33. The molecule has 2 aliphatic heterocycles. The Balaban J connectivity index is 1.46. The number of amides is 4. The van der Waals surface area contributed by atoms with E-state index in [1.165, 1.54) is 0 Å². The van der Waals surface area contributed by atoms with Gasteiger partial charge in [-0.25, -0.2) is 9.59 Å². The molecule has 4 amide bonds. The van der Waals surface area contributed by atoms with Crippen molar-refractivity contribution in [3.63, 3.8) is 0 Å². The summed E-state index contributed by atoms with van der Waals surface area (Å²) in [6.45, 7) is -0.652. The summed E-state index contributed by atoms with van der Waals surface area (Å²) in [6, 6.07) is 0. The van der Waals surface area contributed by atoms with Gasteiger partial charge in [-0.15, -0.1) is 10.1 Å². The van der Waals surface area contributed by atoms with Crippen molar-refractivity contribution in [2.45, 2.75) is 51.4 Å². The van der Waals surface area contributed by atoms with Crippen LogP contribution in [-0.2, 0) is 57.5 Å². The van der Waals surface area contributed by atoms with E-state index in [9.17, 15) is 38.4 Å². The molecule has 0 aliphatic carbocycles. The predicted molar refractivity (Wildman–Crippen MR) is 104 cm³/mol. The van der Waals surface area contributed by atoms with E-state index < -0.39 is 47.1 Å². The van der Waals surface area contributed by atoms with Crippen LogP contribution in [0.25, 0.3) is 0 Å². The molecule has 0 aromatic rings. The molecule has 0 aromatic heterocycles. The minimum atomic E-state index is -0.888. The number of ketones is 2. The van der Waals surface area contributed by atoms with Crippen molar-refractivity contribution in [2.75, 3.05) is 26.4 Å². The lowest BCUT2D eigenvalue weighted by atomic mass is 10.2. The molecular formula is C20H24N2O12. The summed E-state index contributed by atoms with van der Waals surface area (Å²) in [4.78, 5) is 101. The number of Topliss-reactive ketones (excluding diaryl/α,β-unsaturated/α-hetero) is 2. The van der Waals surface area contributed by atoms with Gasteiger partial charge in [-0.2, -0.15) is 0 Å². The number of hydrogen-bond acceptors (Lipinski definition) is 12. The van der Waals surface area contributed by atoms with Crippen LogP contribution in [0.15, 0.2) is 0 Å². The van der Waals surface area contributed by atoms with Gasteiger partial charge in [0.05, 0.1) is 26.1 Å². The number of ether oxygens (including phenoxy) is 2. The van der Waals surface area contributed by atoms with Gasteiger partial charge in [0.2, 0.25) is 0 Å². The SMILES string of the molecule is O=C(CCC(=O)ON1C(=O)CCC1=O)COCCOCC(=O)CCC(=O)ON1C(=O)CCC1=O. The number of imide groups is 2. The molecule has 0 unspecified atom stereocenters. The Morgan fingerprint density at radius 3 is 1.21 bits per heavy atom. The van der Waals surface area contributed by atoms with Crippen molar-refractivity contribution in [3.05, 3.63) is 0 Å². The van der Waals surface area contributed by atoms with Crippen molar-refractivity contribution in [1.82, 2.24) is 10.1 Å². The van der Waals surface area contributed by atoms with Crippen molar-refractivity contribution < 1.29 is 57.5 Å². The van der Waals surface area contributed by atoms with Gasteiger partial charge in [0.1, 0.15) is 13.2 Å². The summed E-state index contributed by atoms with van der Waals surface area (Å²) in [7, 11) is 0. The Kier molecular flexibility index (Phi) is 10.4. The normalized spacial score (nSPS) is 15.8. The first kappa shape index (κ1) is 26.7. The predicted octanol–water partition coefficient (Wildman–Crippen LogP) is -1.07. The number of carbonyl (C=O) groups excluding carboxylic acids is 8. The highest BCUT2D eigenvalue weighted by atomic mass is 16.7. The Morgan fingerprint density at radius 2 is 0.882 bits per heavy atom. The van der Waals surface area contributed by atoms with E-state index in [-0.39, 0.29) is 77.8 Å². The molecule has 186 valence electrons. The number of carbonyl (C=O) groups is 8. The molecule has 14 nitrogen and oxygen atoms in total. The summed E-state index contributed by atoms with van der Waals surface area (Å²) in [5.74, 6) is -5.05. The Hall–Kier alpha value is -3.52. The van der Waals surface area contributed by atoms with E-state index in [2.05, 4.69) is 9.68 Å². The molecule has 14 heteroatoms. The second kappa shape index (κ2) is 13.3. The van der Waals surface area contributed by atoms with Crippen molar-refractivity contribution in [1.29, 1.82) is 0 Å². The molecule has 0 bridgehead atoms. The molecular weight excluding hydrogens is 460 g/mol. The maximum atomic E-state index is 11.7. The third-order valence-electron chi connectivity index (χ3n) is 4.51. The summed E-state index contributed by atoms with van der Waals surface area (Å²) < 4.78 is 10.1. The van der Waals surface area contributed by atoms with Crippen LogP contribution < -0.4 is 0 Å². The molecule has 2 saturated heterocycles. The Bertz CT molecular complexity index is 766. The van der Waals surface area contributed by atoms with E-state index >= 15 is 0 Å². The van der Waals surface area contributed by atoms with Gasteiger partial charge >= 0.3 is 11.9 Å². The highest BCUT2D eigenvalue weighted by molar-refractivity contribution is 6.02. The molecule has 0 atom stereocenters. The zero-order valence-corrected chi connectivity index (χ0v) is 18.3. The quantitative estimate of drug-likeness (QED) is 0.203. The molecule has 2 heterocycles. The number of rotatable bonds is 15. The van der Waals surface area contributed by atoms with Crippen LogP contribution in [-0.4, -0.2) is 83.7 Å². The van der Waals surface area contributed by atoms with Gasteiger partial charge in [0.25, 0.3) is 23.6 Å². The number of nitrogens with zero attached hydrogens (tertiary/aromatic N) is 2. The zero-order valence-electron chi connectivity index (χ0n) is 18.3. The van der Waals surface area contributed by atoms with E-state index in [0.29, 0.717) is 10.1 Å². The first-order valence-corrected chi connectivity index (χ1v) is 10.5. The van der Waals surface area contributed by atoms with Crippen LogP contribution in [0, 0.1) is 0 Å². The molecule has 0 N–H and O–H groups in total. The summed E-state index contributed by atoms with van der Waals surface area (Å²) in [6.07, 6.45) is -1.17. The maximum Gasteiger partial charge on any atom is 0.333 e. The highest BCUT2D eigenvalue weighted by Crippen LogP contribution is 2.14. The first-order chi connectivity index (χ1) is 16.2. The van der Waals surface area contributed by atoms with Crippen LogP contribution in [0.2, 0.25) is 0 Å². The van der Waals surface area contributed by atoms with E-state index in [1.807, 2.05) is 0 Å². The fourth-order valence-electron chi connectivity index (χ4n) is 2.73. The van der Waals surface area contributed by atoms with Gasteiger partial charge in [-0.3, -0.25) is 28.8 Å². The smallest absolute Gasteiger partial charge is 0.333 e. The standard InChI is InChI=1S/C20H24N2O12/c23-13(1-7-19(29)33-21-15(25)3-4-16(21)26)11-31-9-10-32-12-14(24)2-8-20(30)34-22-17(27)5-6-18(22)28/h1-12H2. The lowest BCUT2D eigenvalue weighted by molar-refractivity contribution is -0.197. The molecule has 2 aliphatic rings. The van der Waals surface area contributed by atoms with Crippen molar-refractivity contribution >= 4 is 47.1 Å². The van der Waals surface area contributed by atoms with Crippen LogP contribution in [0.1, 0.15) is 51.4 Å². The van der Waals surface area contributed by atoms with Crippen LogP contribution >= 0.6 is 0 Å². The second-order valence-corrected chi connectivity index (χ2v) is 7.27. The molecule has 0 spiro atoms. The van der Waals surface area contributed by atoms with Gasteiger partial charge in [0.15, 0.2) is 11.6 Å². The fraction of sp³-hybridized carbons (Fsp3) is 0.600. The molecule has 0 aromatic carbocycles. The zero-order chi connectivity index (χ0) is 25.1. The average Bonchev–Trinajstić information content (AvgIpc) is 3.28. The monoisotopic (exact) mass is 484 g/mol. The van der Waals surface area contributed by atoms with Gasteiger partial charge in [-0.05, 0) is 0 Å². The Morgan fingerprint density at radius 1 is 0.559 bits per heavy atom. The van der Waals surface area contributed by atoms with Crippen molar-refractivity contribution in [3.8, 4) is 0 Å². The topological polar surface area (TPSA) is 180 Å². The third-order valence-corrected chi connectivity index (χ3v) is 4.51. The maximum absolute atomic E-state index is 11.7. The number of hydrogen-bond donors (Lipinski definition) is 0. The lowest BCUT2D eigenvalue weighted by Gasteiger charge is -2.12. The van der Waals surface area contributed by atoms with Crippen LogP contribution in [0.5, 0.6) is 0 Å². The summed E-state index contributed by atoms with van der Waals surface area (Å²) in [5, 5.41) is 0.806. The third kappa shape index (κ3) is 8.78. The number of hydroxylamine groups is 4. The van der Waals surface area contributed by atoms with Crippen LogP contribution in [0.3, 0.4) is 0 Å². The minimum absolute atomic E-state index is 0.0124. The van der Waals surface area contributed by atoms with Crippen LogP contribution in [0.4, 0.5) is 0 Å². The molecule has 34 heavy (non-hydrogen) atoms. The average molecular weight is 484 g/mol. The molecule has 0 saturated carbocycles. The molecule has 2 fully saturated rings. The molecule has 0 radical (unpaired) electrons. The minimum Gasteiger partial charge on any atom is -0.371 e. The second-order valence-electron chi connectivity index (χ2n) is 7.27. The summed E-state index contributed by atoms with van der Waals surface area (Å²) >= 11 is 0. The Labute approximate surface area is 193 Å². The van der Waals surface area contributed by atoms with Crippen molar-refractivity contribution in [2.24, 2.45) is 0 Å². The first-order valence-electron chi connectivity index (χ1n) is 10.5. The van der Waals surface area contributed by atoms with E-state index in [1.54, 1.807) is 0 Å².